The SMILES string of the molecule is CCCCN(C=C(C)C)P1Oc2ccccc2O1. The largest absolute Gasteiger partial charge is 0.419 e. The van der Waals surface area contributed by atoms with Crippen molar-refractivity contribution >= 4 is 8.53 Å². The molecule has 1 aromatic rings. The fourth-order valence-corrected chi connectivity index (χ4v) is 3.22. The predicted octanol–water partition coefficient (Wildman–Crippen LogP) is 4.71. The van der Waals surface area contributed by atoms with Crippen LogP contribution in [-0.4, -0.2) is 11.2 Å². The minimum absolute atomic E-state index is 0.854. The third kappa shape index (κ3) is 3.17. The van der Waals surface area contributed by atoms with Gasteiger partial charge in [0.05, 0.1) is 0 Å². The molecule has 0 atom stereocenters. The molecule has 0 saturated carbocycles. The molecule has 0 spiro atoms. The van der Waals surface area contributed by atoms with Crippen LogP contribution in [0.1, 0.15) is 33.6 Å². The van der Waals surface area contributed by atoms with E-state index >= 15 is 0 Å². The van der Waals surface area contributed by atoms with E-state index in [0.29, 0.717) is 0 Å². The second-order valence-electron chi connectivity index (χ2n) is 4.59. The number of fused-ring (bicyclic) bond motifs is 1. The average Bonchev–Trinajstić information content (AvgIpc) is 2.77. The number of para-hydroxylation sites is 2. The van der Waals surface area contributed by atoms with Crippen molar-refractivity contribution in [1.82, 2.24) is 4.67 Å². The summed E-state index contributed by atoms with van der Waals surface area (Å²) in [5.74, 6) is 1.71. The molecule has 1 heterocycles. The van der Waals surface area contributed by atoms with E-state index < -0.39 is 8.53 Å². The molecule has 1 aromatic carbocycles. The van der Waals surface area contributed by atoms with Crippen molar-refractivity contribution in [3.05, 3.63) is 36.0 Å². The summed E-state index contributed by atoms with van der Waals surface area (Å²) >= 11 is 0. The van der Waals surface area contributed by atoms with Crippen molar-refractivity contribution in [1.29, 1.82) is 0 Å². The highest BCUT2D eigenvalue weighted by molar-refractivity contribution is 7.46. The number of allylic oxidation sites excluding steroid dienone is 1. The van der Waals surface area contributed by atoms with Gasteiger partial charge < -0.3 is 9.05 Å². The van der Waals surface area contributed by atoms with Gasteiger partial charge in [-0.2, -0.15) is 0 Å². The maximum absolute atomic E-state index is 5.89. The summed E-state index contributed by atoms with van der Waals surface area (Å²) in [7, 11) is -1.02. The molecule has 0 aromatic heterocycles. The minimum Gasteiger partial charge on any atom is -0.419 e. The van der Waals surface area contributed by atoms with E-state index in [1.165, 1.54) is 12.0 Å². The molecular weight excluding hydrogens is 245 g/mol. The molecule has 0 bridgehead atoms. The summed E-state index contributed by atoms with van der Waals surface area (Å²) in [6.07, 6.45) is 4.45. The lowest BCUT2D eigenvalue weighted by atomic mass is 10.3. The Labute approximate surface area is 110 Å². The summed E-state index contributed by atoms with van der Waals surface area (Å²) < 4.78 is 14.0. The molecule has 0 aliphatic carbocycles. The van der Waals surface area contributed by atoms with Crippen molar-refractivity contribution < 1.29 is 9.05 Å². The van der Waals surface area contributed by atoms with Gasteiger partial charge in [-0.25, -0.2) is 0 Å². The second kappa shape index (κ2) is 6.10. The summed E-state index contributed by atoms with van der Waals surface area (Å²) in [4.78, 5) is 0. The lowest BCUT2D eigenvalue weighted by molar-refractivity contribution is 0.444. The van der Waals surface area contributed by atoms with Crippen LogP contribution in [0.15, 0.2) is 36.0 Å². The molecule has 0 radical (unpaired) electrons. The fourth-order valence-electron chi connectivity index (χ4n) is 1.70. The zero-order valence-electron chi connectivity index (χ0n) is 11.2. The van der Waals surface area contributed by atoms with Crippen LogP contribution in [0, 0.1) is 0 Å². The van der Waals surface area contributed by atoms with Gasteiger partial charge in [-0.15, -0.1) is 0 Å². The number of rotatable bonds is 5. The highest BCUT2D eigenvalue weighted by Crippen LogP contribution is 2.54. The summed E-state index contributed by atoms with van der Waals surface area (Å²) in [5, 5.41) is 0. The Bertz CT molecular complexity index is 405. The van der Waals surface area contributed by atoms with Crippen LogP contribution in [0.4, 0.5) is 0 Å². The highest BCUT2D eigenvalue weighted by Gasteiger charge is 2.30. The Morgan fingerprint density at radius 3 is 2.33 bits per heavy atom. The third-order valence-corrected chi connectivity index (χ3v) is 4.00. The zero-order chi connectivity index (χ0) is 13.0. The van der Waals surface area contributed by atoms with Crippen LogP contribution < -0.4 is 9.05 Å². The molecule has 1 aliphatic heterocycles. The molecule has 0 saturated heterocycles. The Morgan fingerprint density at radius 1 is 1.22 bits per heavy atom. The van der Waals surface area contributed by atoms with Gasteiger partial charge in [0.15, 0.2) is 11.5 Å². The molecular formula is C14H20NO2P. The first-order valence-corrected chi connectivity index (χ1v) is 7.50. The van der Waals surface area contributed by atoms with Gasteiger partial charge in [-0.1, -0.05) is 31.1 Å². The first-order valence-electron chi connectivity index (χ1n) is 6.37. The summed E-state index contributed by atoms with van der Waals surface area (Å²) in [5.41, 5.74) is 1.26. The molecule has 0 amide bonds. The van der Waals surface area contributed by atoms with Gasteiger partial charge in [-0.05, 0) is 32.4 Å². The Hall–Kier alpha value is -1.21. The van der Waals surface area contributed by atoms with Crippen LogP contribution in [0.25, 0.3) is 0 Å². The molecule has 2 rings (SSSR count). The number of hydrogen-bond donors (Lipinski definition) is 0. The van der Waals surface area contributed by atoms with E-state index in [1.807, 2.05) is 24.3 Å². The number of hydrogen-bond acceptors (Lipinski definition) is 3. The van der Waals surface area contributed by atoms with E-state index in [-0.39, 0.29) is 0 Å². The minimum atomic E-state index is -1.02. The van der Waals surface area contributed by atoms with E-state index in [4.69, 9.17) is 9.05 Å². The number of unbranched alkanes of at least 4 members (excludes halogenated alkanes) is 1. The van der Waals surface area contributed by atoms with Crippen molar-refractivity contribution in [2.45, 2.75) is 33.6 Å². The Morgan fingerprint density at radius 2 is 1.83 bits per heavy atom. The monoisotopic (exact) mass is 265 g/mol. The number of benzene rings is 1. The smallest absolute Gasteiger partial charge is 0.416 e. The lowest BCUT2D eigenvalue weighted by Crippen LogP contribution is -2.16. The maximum atomic E-state index is 5.89. The molecule has 4 heteroatoms. The van der Waals surface area contributed by atoms with Crippen molar-refractivity contribution in [3.63, 3.8) is 0 Å². The first kappa shape index (κ1) is 13.2. The average molecular weight is 265 g/mol. The van der Waals surface area contributed by atoms with E-state index in [9.17, 15) is 0 Å². The molecule has 0 N–H and O–H groups in total. The van der Waals surface area contributed by atoms with Crippen molar-refractivity contribution in [3.8, 4) is 11.5 Å². The van der Waals surface area contributed by atoms with Gasteiger partial charge in [0.25, 0.3) is 0 Å². The predicted molar refractivity (Wildman–Crippen MR) is 75.7 cm³/mol. The molecule has 98 valence electrons. The molecule has 0 fully saturated rings. The standard InChI is InChI=1S/C14H20NO2P/c1-4-5-10-15(11-12(2)3)18-16-13-8-6-7-9-14(13)17-18/h6-9,11H,4-5,10H2,1-3H3. The van der Waals surface area contributed by atoms with Crippen LogP contribution in [0.5, 0.6) is 11.5 Å². The Balaban J connectivity index is 2.07. The van der Waals surface area contributed by atoms with Gasteiger partial charge in [0.2, 0.25) is 0 Å². The van der Waals surface area contributed by atoms with E-state index in [1.54, 1.807) is 0 Å². The van der Waals surface area contributed by atoms with Gasteiger partial charge in [0, 0.05) is 12.7 Å². The normalized spacial score (nSPS) is 13.5. The zero-order valence-corrected chi connectivity index (χ0v) is 12.1. The summed E-state index contributed by atoms with van der Waals surface area (Å²) in [6, 6.07) is 7.85. The Kier molecular flexibility index (Phi) is 4.48. The fraction of sp³-hybridized carbons (Fsp3) is 0.429. The van der Waals surface area contributed by atoms with Gasteiger partial charge in [0.1, 0.15) is 0 Å². The second-order valence-corrected chi connectivity index (χ2v) is 5.94. The molecule has 0 unspecified atom stereocenters. The lowest BCUT2D eigenvalue weighted by Gasteiger charge is -2.23. The van der Waals surface area contributed by atoms with Crippen LogP contribution in [0.2, 0.25) is 0 Å². The van der Waals surface area contributed by atoms with Crippen LogP contribution >= 0.6 is 8.53 Å². The quantitative estimate of drug-likeness (QED) is 0.719. The van der Waals surface area contributed by atoms with E-state index in [2.05, 4.69) is 31.6 Å². The summed E-state index contributed by atoms with van der Waals surface area (Å²) in [6.45, 7) is 7.36. The third-order valence-electron chi connectivity index (χ3n) is 2.56. The topological polar surface area (TPSA) is 21.7 Å². The van der Waals surface area contributed by atoms with E-state index in [0.717, 1.165) is 24.5 Å². The maximum Gasteiger partial charge on any atom is 0.416 e. The van der Waals surface area contributed by atoms with Crippen LogP contribution in [-0.2, 0) is 0 Å². The molecule has 1 aliphatic rings. The number of nitrogens with zero attached hydrogens (tertiary/aromatic N) is 1. The first-order chi connectivity index (χ1) is 8.70. The molecule has 18 heavy (non-hydrogen) atoms. The van der Waals surface area contributed by atoms with Gasteiger partial charge in [-0.3, -0.25) is 4.67 Å². The highest BCUT2D eigenvalue weighted by atomic mass is 31.2. The van der Waals surface area contributed by atoms with Crippen molar-refractivity contribution in [2.24, 2.45) is 0 Å². The van der Waals surface area contributed by atoms with Crippen molar-refractivity contribution in [2.75, 3.05) is 6.54 Å². The van der Waals surface area contributed by atoms with Gasteiger partial charge >= 0.3 is 8.53 Å². The van der Waals surface area contributed by atoms with Crippen LogP contribution in [0.3, 0.4) is 0 Å². The molecule has 3 nitrogen and oxygen atoms in total.